The fourth-order valence-electron chi connectivity index (χ4n) is 4.37. The second kappa shape index (κ2) is 9.24. The van der Waals surface area contributed by atoms with Gasteiger partial charge in [0.1, 0.15) is 6.04 Å². The molecule has 0 aliphatic carbocycles. The average Bonchev–Trinajstić information content (AvgIpc) is 3.08. The zero-order chi connectivity index (χ0) is 22.8. The molecule has 0 saturated heterocycles. The minimum Gasteiger partial charge on any atom is -0.493 e. The number of imide groups is 1. The predicted octanol–water partition coefficient (Wildman–Crippen LogP) is 3.01. The summed E-state index contributed by atoms with van der Waals surface area (Å²) in [6.07, 6.45) is 3.03. The maximum absolute atomic E-state index is 13.6. The first-order chi connectivity index (χ1) is 15.5. The van der Waals surface area contributed by atoms with Gasteiger partial charge in [-0.05, 0) is 60.2 Å². The Balaban J connectivity index is 1.61. The Labute approximate surface area is 191 Å². The zero-order valence-electron chi connectivity index (χ0n) is 18.4. The van der Waals surface area contributed by atoms with Crippen molar-refractivity contribution in [3.05, 3.63) is 58.7 Å². The third-order valence-corrected chi connectivity index (χ3v) is 6.69. The summed E-state index contributed by atoms with van der Waals surface area (Å²) in [5.41, 5.74) is 2.81. The fraction of sp³-hybridized carbons (Fsp3) is 0.375. The van der Waals surface area contributed by atoms with Gasteiger partial charge in [-0.2, -0.15) is 11.8 Å². The highest BCUT2D eigenvalue weighted by atomic mass is 32.2. The summed E-state index contributed by atoms with van der Waals surface area (Å²) in [5, 5.41) is 0. The molecule has 0 spiro atoms. The number of fused-ring (bicyclic) bond motifs is 2. The van der Waals surface area contributed by atoms with E-state index in [-0.39, 0.29) is 5.91 Å². The summed E-state index contributed by atoms with van der Waals surface area (Å²) in [4.78, 5) is 42.6. The van der Waals surface area contributed by atoms with Gasteiger partial charge in [-0.3, -0.25) is 19.3 Å². The molecule has 0 unspecified atom stereocenters. The summed E-state index contributed by atoms with van der Waals surface area (Å²) in [6.45, 7) is 0.910. The Kier molecular flexibility index (Phi) is 6.41. The first-order valence-corrected chi connectivity index (χ1v) is 11.9. The predicted molar refractivity (Wildman–Crippen MR) is 122 cm³/mol. The number of ether oxygens (including phenoxy) is 2. The third-order valence-electron chi connectivity index (χ3n) is 6.05. The van der Waals surface area contributed by atoms with Gasteiger partial charge in [0.2, 0.25) is 5.91 Å². The summed E-state index contributed by atoms with van der Waals surface area (Å²) < 4.78 is 10.8. The number of nitrogens with zero attached hydrogens (tertiary/aromatic N) is 2. The molecule has 2 aromatic rings. The monoisotopic (exact) mass is 454 g/mol. The van der Waals surface area contributed by atoms with Crippen LogP contribution in [-0.2, 0) is 17.8 Å². The SMILES string of the molecule is COc1cc2c(cc1OC)CN(C(=O)[C@@H](CCSC)N1C(=O)c3ccccc3C1=O)CC2. The first-order valence-electron chi connectivity index (χ1n) is 10.5. The number of hydrogen-bond donors (Lipinski definition) is 0. The minimum absolute atomic E-state index is 0.200. The largest absolute Gasteiger partial charge is 0.493 e. The molecular formula is C24H26N2O5S. The second-order valence-electron chi connectivity index (χ2n) is 7.81. The molecule has 2 aromatic carbocycles. The van der Waals surface area contributed by atoms with Crippen molar-refractivity contribution >= 4 is 29.5 Å². The Morgan fingerprint density at radius 1 is 1.03 bits per heavy atom. The van der Waals surface area contributed by atoms with Gasteiger partial charge in [-0.25, -0.2) is 0 Å². The molecule has 0 aromatic heterocycles. The Bertz CT molecular complexity index is 1040. The molecule has 0 radical (unpaired) electrons. The molecule has 2 heterocycles. The van der Waals surface area contributed by atoms with Crippen molar-refractivity contribution in [2.75, 3.05) is 32.8 Å². The van der Waals surface area contributed by atoms with Crippen LogP contribution < -0.4 is 9.47 Å². The molecule has 0 fully saturated rings. The van der Waals surface area contributed by atoms with Gasteiger partial charge < -0.3 is 14.4 Å². The molecule has 2 aliphatic rings. The van der Waals surface area contributed by atoms with E-state index in [4.69, 9.17) is 9.47 Å². The van der Waals surface area contributed by atoms with E-state index in [9.17, 15) is 14.4 Å². The maximum Gasteiger partial charge on any atom is 0.262 e. The molecule has 8 heteroatoms. The lowest BCUT2D eigenvalue weighted by atomic mass is 9.97. The molecule has 7 nitrogen and oxygen atoms in total. The lowest BCUT2D eigenvalue weighted by Gasteiger charge is -2.34. The molecule has 168 valence electrons. The van der Waals surface area contributed by atoms with E-state index in [2.05, 4.69) is 0 Å². The van der Waals surface area contributed by atoms with Crippen molar-refractivity contribution in [3.63, 3.8) is 0 Å². The van der Waals surface area contributed by atoms with Gasteiger partial charge in [0.05, 0.1) is 25.3 Å². The molecule has 0 N–H and O–H groups in total. The number of rotatable bonds is 7. The minimum atomic E-state index is -0.823. The lowest BCUT2D eigenvalue weighted by Crippen LogP contribution is -2.52. The van der Waals surface area contributed by atoms with Crippen LogP contribution in [0.25, 0.3) is 0 Å². The van der Waals surface area contributed by atoms with E-state index in [1.807, 2.05) is 18.4 Å². The van der Waals surface area contributed by atoms with Crippen LogP contribution in [0.15, 0.2) is 36.4 Å². The van der Waals surface area contributed by atoms with Crippen molar-refractivity contribution in [1.82, 2.24) is 9.80 Å². The molecule has 0 saturated carbocycles. The van der Waals surface area contributed by atoms with E-state index in [1.54, 1.807) is 55.1 Å². The molecule has 1 atom stereocenters. The number of carbonyl (C=O) groups is 3. The molecule has 2 aliphatic heterocycles. The highest BCUT2D eigenvalue weighted by molar-refractivity contribution is 7.98. The quantitative estimate of drug-likeness (QED) is 0.599. The van der Waals surface area contributed by atoms with Crippen molar-refractivity contribution in [3.8, 4) is 11.5 Å². The van der Waals surface area contributed by atoms with Crippen LogP contribution in [0.1, 0.15) is 38.3 Å². The van der Waals surface area contributed by atoms with Crippen LogP contribution in [0.4, 0.5) is 0 Å². The zero-order valence-corrected chi connectivity index (χ0v) is 19.2. The van der Waals surface area contributed by atoms with Crippen LogP contribution in [-0.4, -0.2) is 66.3 Å². The van der Waals surface area contributed by atoms with E-state index in [0.717, 1.165) is 16.0 Å². The molecular weight excluding hydrogens is 428 g/mol. The molecule has 3 amide bonds. The van der Waals surface area contributed by atoms with Gasteiger partial charge in [0.25, 0.3) is 11.8 Å². The van der Waals surface area contributed by atoms with Crippen LogP contribution in [0, 0.1) is 0 Å². The van der Waals surface area contributed by atoms with E-state index in [0.29, 0.717) is 54.3 Å². The second-order valence-corrected chi connectivity index (χ2v) is 8.79. The summed E-state index contributed by atoms with van der Waals surface area (Å²) in [7, 11) is 3.18. The maximum atomic E-state index is 13.6. The Morgan fingerprint density at radius 3 is 2.19 bits per heavy atom. The number of amides is 3. The Hall–Kier alpha value is -3.00. The fourth-order valence-corrected chi connectivity index (χ4v) is 4.82. The molecule has 0 bridgehead atoms. The smallest absolute Gasteiger partial charge is 0.262 e. The van der Waals surface area contributed by atoms with E-state index in [1.165, 1.54) is 0 Å². The standard InChI is InChI=1S/C24H26N2O5S/c1-30-20-12-15-8-10-25(14-16(15)13-21(20)31-2)24(29)19(9-11-32-3)26-22(27)17-6-4-5-7-18(17)23(26)28/h4-7,12-13,19H,8-11,14H2,1-3H3/t19-/m1/s1. The van der Waals surface area contributed by atoms with Crippen LogP contribution in [0.3, 0.4) is 0 Å². The summed E-state index contributed by atoms with van der Waals surface area (Å²) in [5.74, 6) is 0.950. The van der Waals surface area contributed by atoms with Gasteiger partial charge in [-0.1, -0.05) is 12.1 Å². The normalized spacial score (nSPS) is 16.0. The van der Waals surface area contributed by atoms with Crippen molar-refractivity contribution in [2.45, 2.75) is 25.4 Å². The number of hydrogen-bond acceptors (Lipinski definition) is 6. The number of carbonyl (C=O) groups excluding carboxylic acids is 3. The van der Waals surface area contributed by atoms with Crippen molar-refractivity contribution in [2.24, 2.45) is 0 Å². The molecule has 32 heavy (non-hydrogen) atoms. The van der Waals surface area contributed by atoms with Gasteiger partial charge in [-0.15, -0.1) is 0 Å². The number of methoxy groups -OCH3 is 2. The van der Waals surface area contributed by atoms with Crippen LogP contribution >= 0.6 is 11.8 Å². The van der Waals surface area contributed by atoms with Gasteiger partial charge >= 0.3 is 0 Å². The first kappa shape index (κ1) is 22.2. The van der Waals surface area contributed by atoms with Gasteiger partial charge in [0, 0.05) is 13.1 Å². The van der Waals surface area contributed by atoms with Gasteiger partial charge in [0.15, 0.2) is 11.5 Å². The van der Waals surface area contributed by atoms with E-state index >= 15 is 0 Å². The van der Waals surface area contributed by atoms with Crippen molar-refractivity contribution in [1.29, 1.82) is 0 Å². The summed E-state index contributed by atoms with van der Waals surface area (Å²) in [6, 6.07) is 9.77. The highest BCUT2D eigenvalue weighted by Gasteiger charge is 2.43. The lowest BCUT2D eigenvalue weighted by molar-refractivity contribution is -0.136. The molecule has 4 rings (SSSR count). The topological polar surface area (TPSA) is 76.2 Å². The number of benzene rings is 2. The van der Waals surface area contributed by atoms with Crippen LogP contribution in [0.5, 0.6) is 11.5 Å². The van der Waals surface area contributed by atoms with E-state index < -0.39 is 17.9 Å². The Morgan fingerprint density at radius 2 is 1.62 bits per heavy atom. The third kappa shape index (κ3) is 3.83. The van der Waals surface area contributed by atoms with Crippen molar-refractivity contribution < 1.29 is 23.9 Å². The van der Waals surface area contributed by atoms with Crippen LogP contribution in [0.2, 0.25) is 0 Å². The summed E-state index contributed by atoms with van der Waals surface area (Å²) >= 11 is 1.59. The number of thioether (sulfide) groups is 1. The average molecular weight is 455 g/mol. The highest BCUT2D eigenvalue weighted by Crippen LogP contribution is 2.34.